The van der Waals surface area contributed by atoms with Gasteiger partial charge in [0.2, 0.25) is 0 Å². The molecule has 0 radical (unpaired) electrons. The first-order valence-corrected chi connectivity index (χ1v) is 3.56. The van der Waals surface area contributed by atoms with Crippen LogP contribution in [-0.2, 0) is 0 Å². The fourth-order valence-electron chi connectivity index (χ4n) is 0.611. The number of aryl methyl sites for hydroxylation is 1. The van der Waals surface area contributed by atoms with Gasteiger partial charge in [-0.3, -0.25) is 0 Å². The SMILES string of the molecule is Cc1csc(C(=O)[O-])c1N.[K+]. The average molecular weight is 195 g/mol. The smallest absolute Gasteiger partial charge is 0.544 e. The van der Waals surface area contributed by atoms with Gasteiger partial charge in [-0.1, -0.05) is 0 Å². The van der Waals surface area contributed by atoms with Crippen LogP contribution in [0.1, 0.15) is 15.2 Å². The van der Waals surface area contributed by atoms with E-state index in [4.69, 9.17) is 5.73 Å². The van der Waals surface area contributed by atoms with E-state index in [9.17, 15) is 9.90 Å². The van der Waals surface area contributed by atoms with Gasteiger partial charge in [-0.15, -0.1) is 11.3 Å². The van der Waals surface area contributed by atoms with Crippen molar-refractivity contribution < 1.29 is 61.3 Å². The Labute approximate surface area is 111 Å². The molecule has 0 aliphatic heterocycles. The standard InChI is InChI=1S/C6H7NO2S.K/c1-3-2-10-5(4(3)7)6(8)9;/h2H,7H2,1H3,(H,8,9);/q;+1/p-1. The van der Waals surface area contributed by atoms with E-state index in [0.717, 1.165) is 16.9 Å². The molecule has 3 nitrogen and oxygen atoms in total. The van der Waals surface area contributed by atoms with Gasteiger partial charge in [0.15, 0.2) is 0 Å². The van der Waals surface area contributed by atoms with Crippen molar-refractivity contribution in [2.75, 3.05) is 5.73 Å². The molecule has 0 bridgehead atoms. The van der Waals surface area contributed by atoms with Crippen LogP contribution in [0.4, 0.5) is 5.69 Å². The molecule has 1 rings (SSSR count). The molecule has 54 valence electrons. The van der Waals surface area contributed by atoms with E-state index in [0.29, 0.717) is 5.69 Å². The molecule has 0 aliphatic carbocycles. The Balaban J connectivity index is 0.000001000. The Morgan fingerprint density at radius 1 is 1.73 bits per heavy atom. The minimum atomic E-state index is -1.20. The molecule has 2 N–H and O–H groups in total. The van der Waals surface area contributed by atoms with Crippen molar-refractivity contribution in [2.45, 2.75) is 6.92 Å². The van der Waals surface area contributed by atoms with Crippen molar-refractivity contribution in [1.82, 2.24) is 0 Å². The summed E-state index contributed by atoms with van der Waals surface area (Å²) in [4.78, 5) is 10.4. The van der Waals surface area contributed by atoms with Crippen molar-refractivity contribution in [1.29, 1.82) is 0 Å². The molecular weight excluding hydrogens is 189 g/mol. The summed E-state index contributed by atoms with van der Waals surface area (Å²) in [5.41, 5.74) is 6.51. The van der Waals surface area contributed by atoms with Gasteiger partial charge in [-0.2, -0.15) is 0 Å². The zero-order valence-electron chi connectivity index (χ0n) is 6.38. The number of nitrogens with two attached hydrogens (primary N) is 1. The number of carbonyl (C=O) groups excluding carboxylic acids is 1. The van der Waals surface area contributed by atoms with Crippen molar-refractivity contribution in [2.24, 2.45) is 0 Å². The zero-order chi connectivity index (χ0) is 7.72. The van der Waals surface area contributed by atoms with Crippen LogP contribution in [0, 0.1) is 6.92 Å². The maximum Gasteiger partial charge on any atom is 1.00 e. The van der Waals surface area contributed by atoms with E-state index < -0.39 is 5.97 Å². The van der Waals surface area contributed by atoms with Crippen LogP contribution in [0.3, 0.4) is 0 Å². The number of nitrogen functional groups attached to an aromatic ring is 1. The van der Waals surface area contributed by atoms with Gasteiger partial charge in [-0.25, -0.2) is 0 Å². The second-order valence-electron chi connectivity index (χ2n) is 1.95. The van der Waals surface area contributed by atoms with E-state index in [-0.39, 0.29) is 56.3 Å². The van der Waals surface area contributed by atoms with Gasteiger partial charge in [0.05, 0.1) is 16.5 Å². The van der Waals surface area contributed by atoms with Gasteiger partial charge in [0.1, 0.15) is 0 Å². The van der Waals surface area contributed by atoms with Crippen LogP contribution in [0.5, 0.6) is 0 Å². The zero-order valence-corrected chi connectivity index (χ0v) is 10.3. The molecule has 0 aliphatic rings. The average Bonchev–Trinajstić information content (AvgIpc) is 2.14. The normalized spacial score (nSPS) is 8.82. The summed E-state index contributed by atoms with van der Waals surface area (Å²) >= 11 is 1.10. The minimum absolute atomic E-state index is 0. The molecule has 11 heavy (non-hydrogen) atoms. The number of carboxylic acids is 1. The van der Waals surface area contributed by atoms with Crippen LogP contribution in [0.25, 0.3) is 0 Å². The number of carboxylic acid groups (broad SMARTS) is 1. The van der Waals surface area contributed by atoms with E-state index in [2.05, 4.69) is 0 Å². The van der Waals surface area contributed by atoms with Crippen LogP contribution in [0.15, 0.2) is 5.38 Å². The minimum Gasteiger partial charge on any atom is -0.544 e. The summed E-state index contributed by atoms with van der Waals surface area (Å²) in [6, 6.07) is 0. The Morgan fingerprint density at radius 3 is 2.45 bits per heavy atom. The Hall–Kier alpha value is 0.606. The van der Waals surface area contributed by atoms with Gasteiger partial charge < -0.3 is 15.6 Å². The molecular formula is C6H6KNO2S. The van der Waals surface area contributed by atoms with Gasteiger partial charge in [0, 0.05) is 0 Å². The predicted octanol–water partition coefficient (Wildman–Crippen LogP) is -2.99. The Bertz CT molecular complexity index is 272. The van der Waals surface area contributed by atoms with Crippen molar-refractivity contribution in [3.05, 3.63) is 15.8 Å². The summed E-state index contributed by atoms with van der Waals surface area (Å²) in [7, 11) is 0. The third-order valence-electron chi connectivity index (χ3n) is 1.21. The maximum atomic E-state index is 10.3. The summed E-state index contributed by atoms with van der Waals surface area (Å²) in [6.07, 6.45) is 0. The number of hydrogen-bond donors (Lipinski definition) is 1. The first kappa shape index (κ1) is 11.6. The maximum absolute atomic E-state index is 10.3. The molecule has 5 heteroatoms. The number of anilines is 1. The third-order valence-corrected chi connectivity index (χ3v) is 2.30. The monoisotopic (exact) mass is 195 g/mol. The second kappa shape index (κ2) is 4.59. The third kappa shape index (κ3) is 2.53. The van der Waals surface area contributed by atoms with Crippen LogP contribution in [0.2, 0.25) is 0 Å². The van der Waals surface area contributed by atoms with Crippen molar-refractivity contribution >= 4 is 23.0 Å². The van der Waals surface area contributed by atoms with Crippen LogP contribution in [-0.4, -0.2) is 5.97 Å². The topological polar surface area (TPSA) is 66.1 Å². The van der Waals surface area contributed by atoms with Crippen molar-refractivity contribution in [3.63, 3.8) is 0 Å². The van der Waals surface area contributed by atoms with E-state index in [1.54, 1.807) is 12.3 Å². The number of aromatic carboxylic acids is 1. The molecule has 0 spiro atoms. The number of hydrogen-bond acceptors (Lipinski definition) is 4. The van der Waals surface area contributed by atoms with Crippen LogP contribution < -0.4 is 62.2 Å². The molecule has 0 amide bonds. The Morgan fingerprint density at radius 2 is 2.27 bits per heavy atom. The number of thiophene rings is 1. The largest absolute Gasteiger partial charge is 1.00 e. The molecule has 0 saturated carbocycles. The molecule has 0 fully saturated rings. The van der Waals surface area contributed by atoms with Crippen LogP contribution >= 0.6 is 11.3 Å². The number of rotatable bonds is 1. The fourth-order valence-corrected chi connectivity index (χ4v) is 1.42. The van der Waals surface area contributed by atoms with Gasteiger partial charge in [0.25, 0.3) is 0 Å². The molecule has 1 aromatic heterocycles. The number of carbonyl (C=O) groups is 1. The summed E-state index contributed by atoms with van der Waals surface area (Å²) in [6.45, 7) is 1.76. The molecule has 0 unspecified atom stereocenters. The van der Waals surface area contributed by atoms with E-state index in [1.165, 1.54) is 0 Å². The van der Waals surface area contributed by atoms with E-state index in [1.807, 2.05) is 0 Å². The second-order valence-corrected chi connectivity index (χ2v) is 2.83. The summed E-state index contributed by atoms with van der Waals surface area (Å²) in [5.74, 6) is -1.20. The fraction of sp³-hybridized carbons (Fsp3) is 0.167. The molecule has 0 atom stereocenters. The first-order valence-electron chi connectivity index (χ1n) is 2.68. The predicted molar refractivity (Wildman–Crippen MR) is 37.8 cm³/mol. The molecule has 1 aromatic rings. The van der Waals surface area contributed by atoms with Crippen molar-refractivity contribution in [3.8, 4) is 0 Å². The summed E-state index contributed by atoms with van der Waals surface area (Å²) < 4.78 is 0. The Kier molecular flexibility index (Phi) is 4.84. The van der Waals surface area contributed by atoms with Gasteiger partial charge >= 0.3 is 51.4 Å². The van der Waals surface area contributed by atoms with E-state index >= 15 is 0 Å². The molecule has 0 saturated heterocycles. The summed E-state index contributed by atoms with van der Waals surface area (Å²) in [5, 5.41) is 11.9. The molecule has 0 aromatic carbocycles. The molecule has 1 heterocycles. The first-order chi connectivity index (χ1) is 4.63. The quantitative estimate of drug-likeness (QED) is 0.486. The van der Waals surface area contributed by atoms with Gasteiger partial charge in [-0.05, 0) is 17.9 Å².